The third kappa shape index (κ3) is 8.20. The number of unbranched alkanes of at least 4 members (excludes halogenated alkanes) is 2. The molecule has 120 valence electrons. The summed E-state index contributed by atoms with van der Waals surface area (Å²) >= 11 is 0. The van der Waals surface area contributed by atoms with Gasteiger partial charge in [0.25, 0.3) is 0 Å². The van der Waals surface area contributed by atoms with Crippen molar-refractivity contribution < 1.29 is 14.2 Å². The van der Waals surface area contributed by atoms with E-state index in [1.165, 1.54) is 19.3 Å². The Labute approximate surface area is 124 Å². The summed E-state index contributed by atoms with van der Waals surface area (Å²) < 4.78 is 17.3. The van der Waals surface area contributed by atoms with Gasteiger partial charge in [0.2, 0.25) is 0 Å². The van der Waals surface area contributed by atoms with E-state index in [4.69, 9.17) is 14.2 Å². The van der Waals surface area contributed by atoms with E-state index in [0.717, 1.165) is 6.54 Å². The van der Waals surface area contributed by atoms with Crippen LogP contribution in [0.25, 0.3) is 0 Å². The SMILES string of the molecule is CCCCCNC1OC1COC(C)(C)COC(C)(C)C. The standard InChI is InChI=1S/C16H33NO3/c1-7-8-9-10-17-14-13(20-14)11-18-16(5,6)12-19-15(2,3)4/h13-14,17H,7-12H2,1-6H3. The van der Waals surface area contributed by atoms with E-state index in [1.807, 2.05) is 0 Å². The van der Waals surface area contributed by atoms with Gasteiger partial charge in [0.1, 0.15) is 12.3 Å². The van der Waals surface area contributed by atoms with Gasteiger partial charge in [0.15, 0.2) is 0 Å². The van der Waals surface area contributed by atoms with Gasteiger partial charge in [-0.2, -0.15) is 0 Å². The molecule has 0 aromatic heterocycles. The maximum Gasteiger partial charge on any atom is 0.137 e. The molecule has 1 aliphatic heterocycles. The van der Waals surface area contributed by atoms with E-state index >= 15 is 0 Å². The molecule has 4 heteroatoms. The summed E-state index contributed by atoms with van der Waals surface area (Å²) in [7, 11) is 0. The first-order valence-electron chi connectivity index (χ1n) is 7.90. The Balaban J connectivity index is 2.08. The Kier molecular flexibility index (Phi) is 6.92. The average molecular weight is 287 g/mol. The van der Waals surface area contributed by atoms with Crippen molar-refractivity contribution in [1.82, 2.24) is 5.32 Å². The number of epoxide rings is 1. The van der Waals surface area contributed by atoms with Crippen molar-refractivity contribution >= 4 is 0 Å². The maximum absolute atomic E-state index is 5.92. The Morgan fingerprint density at radius 2 is 1.75 bits per heavy atom. The molecule has 0 aromatic carbocycles. The van der Waals surface area contributed by atoms with Crippen molar-refractivity contribution in [2.24, 2.45) is 0 Å². The Morgan fingerprint density at radius 1 is 1.05 bits per heavy atom. The van der Waals surface area contributed by atoms with E-state index in [1.54, 1.807) is 0 Å². The minimum atomic E-state index is -0.272. The zero-order valence-corrected chi connectivity index (χ0v) is 14.1. The van der Waals surface area contributed by atoms with Gasteiger partial charge in [-0.25, -0.2) is 0 Å². The van der Waals surface area contributed by atoms with Gasteiger partial charge < -0.3 is 14.2 Å². The number of rotatable bonds is 10. The highest BCUT2D eigenvalue weighted by atomic mass is 16.6. The second-order valence-electron chi connectivity index (χ2n) is 7.23. The lowest BCUT2D eigenvalue weighted by molar-refractivity contribution is -0.116. The number of hydrogen-bond acceptors (Lipinski definition) is 4. The molecule has 1 saturated heterocycles. The molecule has 2 unspecified atom stereocenters. The smallest absolute Gasteiger partial charge is 0.137 e. The van der Waals surface area contributed by atoms with E-state index in [9.17, 15) is 0 Å². The lowest BCUT2D eigenvalue weighted by Gasteiger charge is -2.29. The number of hydrogen-bond donors (Lipinski definition) is 1. The Bertz CT molecular complexity index is 273. The molecular weight excluding hydrogens is 254 g/mol. The highest BCUT2D eigenvalue weighted by Gasteiger charge is 2.39. The maximum atomic E-state index is 5.92. The largest absolute Gasteiger partial charge is 0.373 e. The average Bonchev–Trinajstić information content (AvgIpc) is 3.08. The molecule has 20 heavy (non-hydrogen) atoms. The quantitative estimate of drug-likeness (QED) is 0.495. The van der Waals surface area contributed by atoms with Crippen LogP contribution < -0.4 is 5.32 Å². The zero-order valence-electron chi connectivity index (χ0n) is 14.1. The molecule has 0 bridgehead atoms. The van der Waals surface area contributed by atoms with Crippen molar-refractivity contribution in [3.63, 3.8) is 0 Å². The van der Waals surface area contributed by atoms with Gasteiger partial charge in [0.05, 0.1) is 24.4 Å². The number of nitrogens with one attached hydrogen (secondary N) is 1. The fraction of sp³-hybridized carbons (Fsp3) is 1.00. The zero-order chi connectivity index (χ0) is 15.2. The molecule has 0 aliphatic carbocycles. The minimum Gasteiger partial charge on any atom is -0.373 e. The molecule has 0 aromatic rings. The van der Waals surface area contributed by atoms with Crippen molar-refractivity contribution in [3.05, 3.63) is 0 Å². The molecule has 4 nitrogen and oxygen atoms in total. The predicted molar refractivity (Wildman–Crippen MR) is 81.9 cm³/mol. The molecule has 0 spiro atoms. The summed E-state index contributed by atoms with van der Waals surface area (Å²) in [5.41, 5.74) is -0.397. The molecule has 1 fully saturated rings. The molecule has 1 N–H and O–H groups in total. The molecule has 2 atom stereocenters. The molecule has 1 aliphatic rings. The molecule has 1 heterocycles. The van der Waals surface area contributed by atoms with Crippen molar-refractivity contribution in [2.45, 2.75) is 84.3 Å². The van der Waals surface area contributed by atoms with Crippen LogP contribution >= 0.6 is 0 Å². The second-order valence-corrected chi connectivity index (χ2v) is 7.23. The lowest BCUT2D eigenvalue weighted by Crippen LogP contribution is -2.36. The van der Waals surface area contributed by atoms with Gasteiger partial charge in [-0.05, 0) is 47.6 Å². The normalized spacial score (nSPS) is 23.1. The van der Waals surface area contributed by atoms with E-state index in [0.29, 0.717) is 13.2 Å². The monoisotopic (exact) mass is 287 g/mol. The summed E-state index contributed by atoms with van der Waals surface area (Å²) in [6, 6.07) is 0. The molecule has 0 saturated carbocycles. The fourth-order valence-corrected chi connectivity index (χ4v) is 1.81. The van der Waals surface area contributed by atoms with Crippen LogP contribution in [-0.4, -0.2) is 43.3 Å². The van der Waals surface area contributed by atoms with Crippen LogP contribution in [0, 0.1) is 0 Å². The predicted octanol–water partition coefficient (Wildman–Crippen LogP) is 3.10. The number of ether oxygens (including phenoxy) is 3. The van der Waals surface area contributed by atoms with Crippen LogP contribution in [0.4, 0.5) is 0 Å². The van der Waals surface area contributed by atoms with Gasteiger partial charge in [-0.1, -0.05) is 19.8 Å². The van der Waals surface area contributed by atoms with Crippen molar-refractivity contribution in [3.8, 4) is 0 Å². The fourth-order valence-electron chi connectivity index (χ4n) is 1.81. The van der Waals surface area contributed by atoms with Crippen LogP contribution in [0.15, 0.2) is 0 Å². The highest BCUT2D eigenvalue weighted by molar-refractivity contribution is 4.84. The topological polar surface area (TPSA) is 43.0 Å². The van der Waals surface area contributed by atoms with Crippen LogP contribution in [0.3, 0.4) is 0 Å². The molecule has 0 radical (unpaired) electrons. The van der Waals surface area contributed by atoms with E-state index in [-0.39, 0.29) is 23.5 Å². The van der Waals surface area contributed by atoms with Gasteiger partial charge in [-0.15, -0.1) is 0 Å². The minimum absolute atomic E-state index is 0.125. The van der Waals surface area contributed by atoms with E-state index < -0.39 is 0 Å². The van der Waals surface area contributed by atoms with Crippen LogP contribution in [-0.2, 0) is 14.2 Å². The Morgan fingerprint density at radius 3 is 2.35 bits per heavy atom. The summed E-state index contributed by atoms with van der Waals surface area (Å²) in [5.74, 6) is 0. The highest BCUT2D eigenvalue weighted by Crippen LogP contribution is 2.23. The van der Waals surface area contributed by atoms with E-state index in [2.05, 4.69) is 46.9 Å². The van der Waals surface area contributed by atoms with Gasteiger partial charge in [-0.3, -0.25) is 5.32 Å². The third-order valence-electron chi connectivity index (χ3n) is 3.20. The first-order valence-corrected chi connectivity index (χ1v) is 7.90. The summed E-state index contributed by atoms with van der Waals surface area (Å²) in [6.45, 7) is 14.8. The second kappa shape index (κ2) is 7.74. The van der Waals surface area contributed by atoms with Crippen LogP contribution in [0.5, 0.6) is 0 Å². The molecule has 1 rings (SSSR count). The van der Waals surface area contributed by atoms with Crippen LogP contribution in [0.2, 0.25) is 0 Å². The lowest BCUT2D eigenvalue weighted by atomic mass is 10.1. The van der Waals surface area contributed by atoms with Crippen molar-refractivity contribution in [2.75, 3.05) is 19.8 Å². The third-order valence-corrected chi connectivity index (χ3v) is 3.20. The van der Waals surface area contributed by atoms with Crippen molar-refractivity contribution in [1.29, 1.82) is 0 Å². The van der Waals surface area contributed by atoms with Gasteiger partial charge in [0, 0.05) is 0 Å². The molecule has 0 amide bonds. The molecular formula is C16H33NO3. The summed E-state index contributed by atoms with van der Waals surface area (Å²) in [5, 5.41) is 3.40. The first kappa shape index (κ1) is 17.9. The summed E-state index contributed by atoms with van der Waals surface area (Å²) in [6.07, 6.45) is 4.13. The first-order chi connectivity index (χ1) is 9.23. The van der Waals surface area contributed by atoms with Crippen LogP contribution in [0.1, 0.15) is 60.8 Å². The Hall–Kier alpha value is -0.160. The van der Waals surface area contributed by atoms with Gasteiger partial charge >= 0.3 is 0 Å². The summed E-state index contributed by atoms with van der Waals surface area (Å²) in [4.78, 5) is 0.